The molecule has 3 aromatic rings. The summed E-state index contributed by atoms with van der Waals surface area (Å²) in [7, 11) is 0. The average molecular weight is 377 g/mol. The third-order valence-electron chi connectivity index (χ3n) is 3.62. The number of halogens is 1. The smallest absolute Gasteiger partial charge is 0.267 e. The summed E-state index contributed by atoms with van der Waals surface area (Å²) >= 11 is 6.89. The van der Waals surface area contributed by atoms with Crippen LogP contribution in [-0.4, -0.2) is 16.9 Å². The van der Waals surface area contributed by atoms with Crippen LogP contribution in [0.5, 0.6) is 0 Å². The monoisotopic (exact) mass is 376 g/mol. The number of rotatable bonds is 3. The van der Waals surface area contributed by atoms with Crippen molar-refractivity contribution in [1.82, 2.24) is 4.98 Å². The quantitative estimate of drug-likeness (QED) is 0.641. The van der Waals surface area contributed by atoms with Crippen molar-refractivity contribution >= 4 is 56.4 Å². The van der Waals surface area contributed by atoms with Crippen molar-refractivity contribution in [2.45, 2.75) is 6.92 Å². The van der Waals surface area contributed by atoms with Crippen molar-refractivity contribution in [3.63, 3.8) is 0 Å². The highest BCUT2D eigenvalue weighted by atomic mass is 35.5. The van der Waals surface area contributed by atoms with Gasteiger partial charge in [0.2, 0.25) is 0 Å². The zero-order valence-corrected chi connectivity index (χ0v) is 14.4. The molecular formula is C16H11ClN3O4S-. The van der Waals surface area contributed by atoms with Gasteiger partial charge >= 0.3 is 0 Å². The molecule has 2 aromatic heterocycles. The van der Waals surface area contributed by atoms with Crippen LogP contribution in [0.3, 0.4) is 0 Å². The number of benzene rings is 1. The molecule has 0 radical (unpaired) electrons. The van der Waals surface area contributed by atoms with Crippen molar-refractivity contribution < 1.29 is 14.7 Å². The van der Waals surface area contributed by atoms with E-state index in [0.717, 1.165) is 23.0 Å². The van der Waals surface area contributed by atoms with Crippen LogP contribution in [0.15, 0.2) is 29.1 Å². The van der Waals surface area contributed by atoms with E-state index in [9.17, 15) is 19.5 Å². The number of aromatic carboxylic acids is 1. The largest absolute Gasteiger partial charge is 0.545 e. The molecule has 25 heavy (non-hydrogen) atoms. The van der Waals surface area contributed by atoms with E-state index >= 15 is 0 Å². The number of amides is 1. The van der Waals surface area contributed by atoms with Gasteiger partial charge in [-0.25, -0.2) is 0 Å². The number of aromatic nitrogens is 1. The minimum Gasteiger partial charge on any atom is -0.545 e. The van der Waals surface area contributed by atoms with Gasteiger partial charge in [0.05, 0.1) is 17.2 Å². The number of carboxylic acids is 1. The summed E-state index contributed by atoms with van der Waals surface area (Å²) in [4.78, 5) is 38.1. The number of carbonyl (C=O) groups is 2. The first-order valence-corrected chi connectivity index (χ1v) is 8.21. The number of nitrogen functional groups attached to an aromatic ring is 1. The highest BCUT2D eigenvalue weighted by Crippen LogP contribution is 2.33. The standard InChI is InChI=1S/C16H12ClN3O4S/c1-6-2-3-7(17)4-10(6)19-14(22)12-11(18)8-5-9(16(23)24)13(21)20-15(8)25-12/h2-5H,18H2,1H3,(H,19,22)(H,20,21)(H,23,24)/p-1. The van der Waals surface area contributed by atoms with Crippen LogP contribution in [0.2, 0.25) is 5.02 Å². The highest BCUT2D eigenvalue weighted by Gasteiger charge is 2.19. The number of H-pyrrole nitrogens is 1. The van der Waals surface area contributed by atoms with Gasteiger partial charge in [0.1, 0.15) is 9.71 Å². The molecule has 0 atom stereocenters. The summed E-state index contributed by atoms with van der Waals surface area (Å²) in [6.45, 7) is 1.81. The Morgan fingerprint density at radius 3 is 2.72 bits per heavy atom. The third kappa shape index (κ3) is 3.09. The van der Waals surface area contributed by atoms with Gasteiger partial charge in [-0.05, 0) is 30.7 Å². The number of fused-ring (bicyclic) bond motifs is 1. The number of aromatic amines is 1. The van der Waals surface area contributed by atoms with E-state index < -0.39 is 23.0 Å². The Kier molecular flexibility index (Phi) is 4.23. The van der Waals surface area contributed by atoms with Gasteiger partial charge < -0.3 is 25.9 Å². The molecule has 0 fully saturated rings. The van der Waals surface area contributed by atoms with Crippen LogP contribution < -0.4 is 21.7 Å². The van der Waals surface area contributed by atoms with E-state index in [4.69, 9.17) is 17.3 Å². The van der Waals surface area contributed by atoms with Crippen molar-refractivity contribution in [3.05, 3.63) is 55.6 Å². The molecule has 0 aliphatic heterocycles. The first-order valence-electron chi connectivity index (χ1n) is 7.02. The molecule has 4 N–H and O–H groups in total. The maximum atomic E-state index is 12.5. The number of carboxylic acid groups (broad SMARTS) is 1. The first-order chi connectivity index (χ1) is 11.8. The number of hydrogen-bond donors (Lipinski definition) is 3. The molecular weight excluding hydrogens is 366 g/mol. The number of carbonyl (C=O) groups excluding carboxylic acids is 2. The van der Waals surface area contributed by atoms with Crippen molar-refractivity contribution in [3.8, 4) is 0 Å². The number of anilines is 2. The van der Waals surface area contributed by atoms with E-state index in [1.165, 1.54) is 0 Å². The van der Waals surface area contributed by atoms with Crippen molar-refractivity contribution in [2.75, 3.05) is 11.1 Å². The lowest BCUT2D eigenvalue weighted by Crippen LogP contribution is -2.29. The van der Waals surface area contributed by atoms with E-state index in [0.29, 0.717) is 15.5 Å². The molecule has 0 saturated heterocycles. The predicted octanol–water partition coefficient (Wildman–Crippen LogP) is 1.75. The van der Waals surface area contributed by atoms with Crippen molar-refractivity contribution in [2.24, 2.45) is 0 Å². The molecule has 128 valence electrons. The number of nitrogens with two attached hydrogens (primary N) is 1. The minimum atomic E-state index is -1.62. The van der Waals surface area contributed by atoms with Gasteiger partial charge in [-0.3, -0.25) is 9.59 Å². The molecule has 9 heteroatoms. The van der Waals surface area contributed by atoms with E-state index in [1.807, 2.05) is 6.92 Å². The summed E-state index contributed by atoms with van der Waals surface area (Å²) in [5, 5.41) is 14.4. The first kappa shape index (κ1) is 17.0. The van der Waals surface area contributed by atoms with Crippen LogP contribution in [0, 0.1) is 6.92 Å². The van der Waals surface area contributed by atoms with Crippen LogP contribution in [-0.2, 0) is 0 Å². The summed E-state index contributed by atoms with van der Waals surface area (Å²) in [5.74, 6) is -2.10. The molecule has 0 unspecified atom stereocenters. The minimum absolute atomic E-state index is 0.0796. The second kappa shape index (κ2) is 6.23. The molecule has 0 aliphatic carbocycles. The molecule has 0 spiro atoms. The number of pyridine rings is 1. The molecule has 7 nitrogen and oxygen atoms in total. The molecule has 1 amide bonds. The Hall–Kier alpha value is -2.84. The Morgan fingerprint density at radius 1 is 1.32 bits per heavy atom. The number of thiophene rings is 1. The average Bonchev–Trinajstić information content (AvgIpc) is 2.86. The predicted molar refractivity (Wildman–Crippen MR) is 95.3 cm³/mol. The lowest BCUT2D eigenvalue weighted by Gasteiger charge is -2.08. The van der Waals surface area contributed by atoms with Crippen LogP contribution in [0.25, 0.3) is 10.2 Å². The van der Waals surface area contributed by atoms with Crippen LogP contribution in [0.4, 0.5) is 11.4 Å². The Bertz CT molecular complexity index is 1090. The second-order valence-corrected chi connectivity index (χ2v) is 6.76. The highest BCUT2D eigenvalue weighted by molar-refractivity contribution is 7.21. The Morgan fingerprint density at radius 2 is 2.04 bits per heavy atom. The van der Waals surface area contributed by atoms with Gasteiger partial charge in [-0.1, -0.05) is 17.7 Å². The van der Waals surface area contributed by atoms with E-state index in [1.54, 1.807) is 18.2 Å². The van der Waals surface area contributed by atoms with Gasteiger partial charge in [-0.15, -0.1) is 11.3 Å². The summed E-state index contributed by atoms with van der Waals surface area (Å²) in [5.41, 5.74) is 6.02. The SMILES string of the molecule is Cc1ccc(Cl)cc1NC(=O)c1sc2[nH]c(=O)c(C(=O)[O-])cc2c1N. The Balaban J connectivity index is 2.05. The maximum absolute atomic E-state index is 12.5. The fourth-order valence-corrected chi connectivity index (χ4v) is 3.46. The fourth-order valence-electron chi connectivity index (χ4n) is 2.30. The van der Waals surface area contributed by atoms with Gasteiger partial charge in [0.15, 0.2) is 0 Å². The fraction of sp³-hybridized carbons (Fsp3) is 0.0625. The lowest BCUT2D eigenvalue weighted by molar-refractivity contribution is -0.255. The normalized spacial score (nSPS) is 10.8. The summed E-state index contributed by atoms with van der Waals surface area (Å²) in [6.07, 6.45) is 0. The van der Waals surface area contributed by atoms with Gasteiger partial charge in [0, 0.05) is 16.1 Å². The maximum Gasteiger partial charge on any atom is 0.267 e. The molecule has 3 rings (SSSR count). The molecule has 0 aliphatic rings. The molecule has 0 bridgehead atoms. The van der Waals surface area contributed by atoms with Crippen LogP contribution in [0.1, 0.15) is 25.6 Å². The molecule has 2 heterocycles. The lowest BCUT2D eigenvalue weighted by atomic mass is 10.2. The van der Waals surface area contributed by atoms with Crippen LogP contribution >= 0.6 is 22.9 Å². The Labute approximate surface area is 150 Å². The molecule has 0 saturated carbocycles. The summed E-state index contributed by atoms with van der Waals surface area (Å²) in [6, 6.07) is 6.17. The van der Waals surface area contributed by atoms with E-state index in [2.05, 4.69) is 10.3 Å². The third-order valence-corrected chi connectivity index (χ3v) is 4.99. The number of aryl methyl sites for hydroxylation is 1. The zero-order valence-electron chi connectivity index (χ0n) is 12.8. The van der Waals surface area contributed by atoms with Gasteiger partial charge in [-0.2, -0.15) is 0 Å². The topological polar surface area (TPSA) is 128 Å². The number of hydrogen-bond acceptors (Lipinski definition) is 6. The number of nitrogens with one attached hydrogen (secondary N) is 2. The van der Waals surface area contributed by atoms with Crippen molar-refractivity contribution in [1.29, 1.82) is 0 Å². The molecule has 1 aromatic carbocycles. The zero-order chi connectivity index (χ0) is 18.3. The summed E-state index contributed by atoms with van der Waals surface area (Å²) < 4.78 is 0. The van der Waals surface area contributed by atoms with E-state index in [-0.39, 0.29) is 16.0 Å². The second-order valence-electron chi connectivity index (χ2n) is 5.30. The van der Waals surface area contributed by atoms with Gasteiger partial charge in [0.25, 0.3) is 11.5 Å².